The topological polar surface area (TPSA) is 41.5 Å². The van der Waals surface area contributed by atoms with Gasteiger partial charge in [-0.25, -0.2) is 0 Å². The first-order chi connectivity index (χ1) is 8.50. The Morgan fingerprint density at radius 2 is 2.22 bits per heavy atom. The van der Waals surface area contributed by atoms with Gasteiger partial charge in [-0.2, -0.15) is 11.8 Å². The van der Waals surface area contributed by atoms with Crippen molar-refractivity contribution in [2.24, 2.45) is 5.41 Å². The zero-order valence-corrected chi connectivity index (χ0v) is 12.0. The van der Waals surface area contributed by atoms with Crippen LogP contribution in [0.3, 0.4) is 0 Å². The van der Waals surface area contributed by atoms with Gasteiger partial charge in [0.05, 0.1) is 7.11 Å². The molecule has 1 aromatic rings. The van der Waals surface area contributed by atoms with Crippen molar-refractivity contribution in [3.8, 4) is 11.5 Å². The molecule has 0 bridgehead atoms. The third-order valence-corrected chi connectivity index (χ3v) is 4.78. The number of aromatic hydroxyl groups is 1. The summed E-state index contributed by atoms with van der Waals surface area (Å²) in [5.41, 5.74) is 1.34. The van der Waals surface area contributed by atoms with Crippen LogP contribution in [0.4, 0.5) is 5.69 Å². The molecule has 4 heteroatoms. The van der Waals surface area contributed by atoms with E-state index in [4.69, 9.17) is 4.74 Å². The van der Waals surface area contributed by atoms with Gasteiger partial charge in [0.15, 0.2) is 11.5 Å². The molecule has 100 valence electrons. The van der Waals surface area contributed by atoms with E-state index in [1.807, 2.05) is 17.8 Å². The minimum atomic E-state index is 0.185. The number of thioether (sulfide) groups is 1. The lowest BCUT2D eigenvalue weighted by molar-refractivity contribution is 0.357. The lowest BCUT2D eigenvalue weighted by Gasteiger charge is -2.35. The number of nitrogens with one attached hydrogen (secondary N) is 1. The summed E-state index contributed by atoms with van der Waals surface area (Å²) in [7, 11) is 1.56. The number of anilines is 1. The average Bonchev–Trinajstić information content (AvgIpc) is 2.28. The molecule has 1 aromatic carbocycles. The second-order valence-corrected chi connectivity index (χ2v) is 6.64. The van der Waals surface area contributed by atoms with Crippen LogP contribution in [0.25, 0.3) is 0 Å². The summed E-state index contributed by atoms with van der Waals surface area (Å²) in [4.78, 5) is 0. The van der Waals surface area contributed by atoms with Crippen LogP contribution in [0.2, 0.25) is 0 Å². The predicted molar refractivity (Wildman–Crippen MR) is 77.8 cm³/mol. The first-order valence-electron chi connectivity index (χ1n) is 6.21. The lowest BCUT2D eigenvalue weighted by Crippen LogP contribution is -2.35. The highest BCUT2D eigenvalue weighted by atomic mass is 32.2. The van der Waals surface area contributed by atoms with E-state index in [0.717, 1.165) is 17.9 Å². The van der Waals surface area contributed by atoms with Crippen LogP contribution in [0.1, 0.15) is 20.3 Å². The second-order valence-electron chi connectivity index (χ2n) is 5.61. The highest BCUT2D eigenvalue weighted by Gasteiger charge is 2.28. The van der Waals surface area contributed by atoms with Crippen LogP contribution in [0.15, 0.2) is 18.2 Å². The Hall–Kier alpha value is -1.03. The number of phenolic OH excluding ortho intramolecular Hbond substituents is 1. The summed E-state index contributed by atoms with van der Waals surface area (Å²) in [5.74, 6) is 3.04. The molecule has 0 amide bonds. The summed E-state index contributed by atoms with van der Waals surface area (Å²) in [6.07, 6.45) is 1.16. The maximum atomic E-state index is 9.75. The van der Waals surface area contributed by atoms with Gasteiger partial charge in [-0.1, -0.05) is 13.8 Å². The Morgan fingerprint density at radius 1 is 1.44 bits per heavy atom. The van der Waals surface area contributed by atoms with Gasteiger partial charge in [-0.05, 0) is 29.7 Å². The molecular weight excluding hydrogens is 246 g/mol. The zero-order valence-electron chi connectivity index (χ0n) is 11.2. The van der Waals surface area contributed by atoms with Crippen molar-refractivity contribution < 1.29 is 9.84 Å². The molecule has 0 aromatic heterocycles. The number of benzene rings is 1. The molecule has 2 N–H and O–H groups in total. The molecule has 2 rings (SSSR count). The normalized spacial score (nSPS) is 22.5. The van der Waals surface area contributed by atoms with E-state index in [1.54, 1.807) is 19.2 Å². The molecule has 0 spiro atoms. The van der Waals surface area contributed by atoms with Crippen LogP contribution >= 0.6 is 11.8 Å². The van der Waals surface area contributed by atoms with Crippen molar-refractivity contribution in [1.82, 2.24) is 0 Å². The molecular formula is C14H21NO2S. The molecule has 1 aliphatic rings. The van der Waals surface area contributed by atoms with E-state index in [0.29, 0.717) is 17.2 Å². The lowest BCUT2D eigenvalue weighted by atomic mass is 9.88. The first-order valence-corrected chi connectivity index (χ1v) is 7.37. The third-order valence-electron chi connectivity index (χ3n) is 3.16. The van der Waals surface area contributed by atoms with Crippen molar-refractivity contribution >= 4 is 17.4 Å². The van der Waals surface area contributed by atoms with Crippen LogP contribution in [-0.4, -0.2) is 29.8 Å². The standard InChI is InChI=1S/C14H21NO2S/c1-14(2)7-11(8-18-9-14)15-10-4-5-13(17-3)12(16)6-10/h4-6,11,15-16H,7-9H2,1-3H3. The van der Waals surface area contributed by atoms with Crippen molar-refractivity contribution in [2.45, 2.75) is 26.3 Å². The van der Waals surface area contributed by atoms with Crippen LogP contribution in [0, 0.1) is 5.41 Å². The van der Waals surface area contributed by atoms with Gasteiger partial charge in [0.2, 0.25) is 0 Å². The Kier molecular flexibility index (Phi) is 3.95. The highest BCUT2D eigenvalue weighted by Crippen LogP contribution is 2.35. The molecule has 1 fully saturated rings. The largest absolute Gasteiger partial charge is 0.504 e. The molecule has 1 saturated heterocycles. The monoisotopic (exact) mass is 267 g/mol. The van der Waals surface area contributed by atoms with Gasteiger partial charge < -0.3 is 15.2 Å². The van der Waals surface area contributed by atoms with Crippen molar-refractivity contribution in [3.63, 3.8) is 0 Å². The van der Waals surface area contributed by atoms with E-state index in [9.17, 15) is 5.11 Å². The summed E-state index contributed by atoms with van der Waals surface area (Å²) >= 11 is 1.99. The number of hydrogen-bond acceptors (Lipinski definition) is 4. The predicted octanol–water partition coefficient (Wildman–Crippen LogP) is 3.34. The molecule has 18 heavy (non-hydrogen) atoms. The minimum absolute atomic E-state index is 0.185. The second kappa shape index (κ2) is 5.31. The van der Waals surface area contributed by atoms with Gasteiger partial charge in [-0.3, -0.25) is 0 Å². The smallest absolute Gasteiger partial charge is 0.160 e. The number of ether oxygens (including phenoxy) is 1. The van der Waals surface area contributed by atoms with Gasteiger partial charge in [0.25, 0.3) is 0 Å². The number of hydrogen-bond donors (Lipinski definition) is 2. The summed E-state index contributed by atoms with van der Waals surface area (Å²) in [6, 6.07) is 5.93. The Morgan fingerprint density at radius 3 is 2.83 bits per heavy atom. The van der Waals surface area contributed by atoms with Crippen LogP contribution in [0.5, 0.6) is 11.5 Å². The minimum Gasteiger partial charge on any atom is -0.504 e. The molecule has 1 aliphatic heterocycles. The van der Waals surface area contributed by atoms with Gasteiger partial charge >= 0.3 is 0 Å². The average molecular weight is 267 g/mol. The number of methoxy groups -OCH3 is 1. The SMILES string of the molecule is COc1ccc(NC2CSCC(C)(C)C2)cc1O. The fourth-order valence-electron chi connectivity index (χ4n) is 2.37. The van der Waals surface area contributed by atoms with E-state index >= 15 is 0 Å². The van der Waals surface area contributed by atoms with Gasteiger partial charge in [-0.15, -0.1) is 0 Å². The zero-order chi connectivity index (χ0) is 13.2. The molecule has 1 unspecified atom stereocenters. The third kappa shape index (κ3) is 3.25. The number of phenols is 1. The van der Waals surface area contributed by atoms with Crippen LogP contribution in [-0.2, 0) is 0 Å². The maximum Gasteiger partial charge on any atom is 0.160 e. The van der Waals surface area contributed by atoms with Gasteiger partial charge in [0.1, 0.15) is 0 Å². The van der Waals surface area contributed by atoms with Crippen molar-refractivity contribution in [2.75, 3.05) is 23.9 Å². The molecule has 1 heterocycles. The van der Waals surface area contributed by atoms with Gasteiger partial charge in [0, 0.05) is 23.5 Å². The maximum absolute atomic E-state index is 9.75. The van der Waals surface area contributed by atoms with Crippen molar-refractivity contribution in [3.05, 3.63) is 18.2 Å². The fourth-order valence-corrected chi connectivity index (χ4v) is 3.64. The van der Waals surface area contributed by atoms with E-state index in [1.165, 1.54) is 5.75 Å². The Labute approximate surface area is 113 Å². The quantitative estimate of drug-likeness (QED) is 0.881. The molecule has 0 radical (unpaired) electrons. The first kappa shape index (κ1) is 13.4. The van der Waals surface area contributed by atoms with Crippen molar-refractivity contribution in [1.29, 1.82) is 0 Å². The summed E-state index contributed by atoms with van der Waals surface area (Å²) in [5, 5.41) is 13.2. The van der Waals surface area contributed by atoms with E-state index in [-0.39, 0.29) is 5.75 Å². The molecule has 1 atom stereocenters. The van der Waals surface area contributed by atoms with E-state index < -0.39 is 0 Å². The fraction of sp³-hybridized carbons (Fsp3) is 0.571. The number of rotatable bonds is 3. The Balaban J connectivity index is 2.03. The van der Waals surface area contributed by atoms with E-state index in [2.05, 4.69) is 19.2 Å². The molecule has 0 aliphatic carbocycles. The summed E-state index contributed by atoms with van der Waals surface area (Å²) < 4.78 is 5.04. The molecule has 0 saturated carbocycles. The summed E-state index contributed by atoms with van der Waals surface area (Å²) in [6.45, 7) is 4.61. The van der Waals surface area contributed by atoms with Crippen LogP contribution < -0.4 is 10.1 Å². The Bertz CT molecular complexity index is 420. The highest BCUT2D eigenvalue weighted by molar-refractivity contribution is 7.99. The molecule has 3 nitrogen and oxygen atoms in total.